The van der Waals surface area contributed by atoms with E-state index in [0.717, 1.165) is 11.1 Å². The predicted octanol–water partition coefficient (Wildman–Crippen LogP) is 3.36. The van der Waals surface area contributed by atoms with Gasteiger partial charge >= 0.3 is 0 Å². The van der Waals surface area contributed by atoms with Gasteiger partial charge in [-0.1, -0.05) is 29.8 Å². The van der Waals surface area contributed by atoms with E-state index in [1.54, 1.807) is 31.4 Å². The summed E-state index contributed by atoms with van der Waals surface area (Å²) < 4.78 is 12.8. The highest BCUT2D eigenvalue weighted by atomic mass is 127. The normalized spacial score (nSPS) is 10.8. The van der Waals surface area contributed by atoms with Crippen molar-refractivity contribution in [2.45, 2.75) is 13.1 Å². The van der Waals surface area contributed by atoms with Gasteiger partial charge in [-0.3, -0.25) is 4.99 Å². The number of benzene rings is 1. The van der Waals surface area contributed by atoms with Crippen LogP contribution in [0, 0.1) is 5.82 Å². The van der Waals surface area contributed by atoms with Gasteiger partial charge in [0.1, 0.15) is 11.0 Å². The first-order valence-corrected chi connectivity index (χ1v) is 6.84. The van der Waals surface area contributed by atoms with Crippen LogP contribution in [-0.4, -0.2) is 18.0 Å². The largest absolute Gasteiger partial charge is 0.352 e. The summed E-state index contributed by atoms with van der Waals surface area (Å²) in [4.78, 5) is 8.14. The van der Waals surface area contributed by atoms with Crippen molar-refractivity contribution in [1.82, 2.24) is 15.6 Å². The third-order valence-corrected chi connectivity index (χ3v) is 3.07. The number of hydrogen-bond acceptors (Lipinski definition) is 2. The summed E-state index contributed by atoms with van der Waals surface area (Å²) in [5, 5.41) is 6.80. The fourth-order valence-corrected chi connectivity index (χ4v) is 1.82. The number of guanidine groups is 1. The first-order chi connectivity index (χ1) is 10.2. The van der Waals surface area contributed by atoms with Crippen LogP contribution < -0.4 is 10.6 Å². The van der Waals surface area contributed by atoms with Gasteiger partial charge < -0.3 is 10.6 Å². The average Bonchev–Trinajstić information content (AvgIpc) is 2.51. The maximum absolute atomic E-state index is 12.8. The third kappa shape index (κ3) is 6.15. The lowest BCUT2D eigenvalue weighted by Gasteiger charge is -2.12. The number of aliphatic imine (C=N–C) groups is 1. The van der Waals surface area contributed by atoms with Crippen LogP contribution >= 0.6 is 35.6 Å². The third-order valence-electron chi connectivity index (χ3n) is 2.85. The Balaban J connectivity index is 0.00000242. The fraction of sp³-hybridized carbons (Fsp3) is 0.200. The van der Waals surface area contributed by atoms with Crippen molar-refractivity contribution in [3.63, 3.8) is 0 Å². The second-order valence-electron chi connectivity index (χ2n) is 4.39. The zero-order valence-electron chi connectivity index (χ0n) is 12.0. The van der Waals surface area contributed by atoms with Gasteiger partial charge in [-0.15, -0.1) is 24.0 Å². The summed E-state index contributed by atoms with van der Waals surface area (Å²) in [6.45, 7) is 1.16. The zero-order valence-corrected chi connectivity index (χ0v) is 15.1. The molecule has 118 valence electrons. The molecule has 0 aliphatic rings. The molecule has 0 spiro atoms. The monoisotopic (exact) mass is 434 g/mol. The highest BCUT2D eigenvalue weighted by Crippen LogP contribution is 2.05. The van der Waals surface area contributed by atoms with Crippen molar-refractivity contribution in [3.8, 4) is 0 Å². The molecule has 1 heterocycles. The molecule has 0 unspecified atom stereocenters. The van der Waals surface area contributed by atoms with E-state index in [-0.39, 0.29) is 29.8 Å². The van der Waals surface area contributed by atoms with Crippen LogP contribution in [0.1, 0.15) is 11.1 Å². The van der Waals surface area contributed by atoms with Crippen molar-refractivity contribution >= 4 is 41.5 Å². The van der Waals surface area contributed by atoms with E-state index in [1.807, 2.05) is 6.07 Å². The van der Waals surface area contributed by atoms with Crippen LogP contribution in [0.2, 0.25) is 5.15 Å². The molecular weight excluding hydrogens is 418 g/mol. The van der Waals surface area contributed by atoms with Crippen molar-refractivity contribution in [2.24, 2.45) is 4.99 Å². The molecule has 0 saturated heterocycles. The molecule has 22 heavy (non-hydrogen) atoms. The molecule has 4 nitrogen and oxygen atoms in total. The van der Waals surface area contributed by atoms with Crippen LogP contribution in [0.15, 0.2) is 47.6 Å². The Morgan fingerprint density at radius 1 is 1.09 bits per heavy atom. The maximum atomic E-state index is 12.8. The Labute approximate surface area is 151 Å². The number of halogens is 3. The lowest BCUT2D eigenvalue weighted by atomic mass is 10.2. The first-order valence-electron chi connectivity index (χ1n) is 6.47. The van der Waals surface area contributed by atoms with Crippen LogP contribution in [0.4, 0.5) is 4.39 Å². The highest BCUT2D eigenvalue weighted by molar-refractivity contribution is 14.0. The summed E-state index contributed by atoms with van der Waals surface area (Å²) in [6, 6.07) is 9.99. The van der Waals surface area contributed by atoms with Crippen molar-refractivity contribution in [2.75, 3.05) is 7.05 Å². The molecule has 0 fully saturated rings. The van der Waals surface area contributed by atoms with Crippen LogP contribution in [0.25, 0.3) is 0 Å². The molecule has 7 heteroatoms. The molecule has 2 N–H and O–H groups in total. The molecule has 0 aliphatic carbocycles. The SMILES string of the molecule is CN=C(NCc1ccc(F)cc1)NCc1ccc(Cl)nc1.I. The van der Waals surface area contributed by atoms with E-state index < -0.39 is 0 Å². The van der Waals surface area contributed by atoms with E-state index in [0.29, 0.717) is 24.2 Å². The van der Waals surface area contributed by atoms with Crippen molar-refractivity contribution < 1.29 is 4.39 Å². The van der Waals surface area contributed by atoms with Gasteiger partial charge in [0.25, 0.3) is 0 Å². The van der Waals surface area contributed by atoms with E-state index in [2.05, 4.69) is 20.6 Å². The fourth-order valence-electron chi connectivity index (χ4n) is 1.71. The number of nitrogens with zero attached hydrogens (tertiary/aromatic N) is 2. The molecule has 2 rings (SSSR count). The minimum atomic E-state index is -0.239. The zero-order chi connectivity index (χ0) is 15.1. The summed E-state index contributed by atoms with van der Waals surface area (Å²) in [7, 11) is 1.69. The predicted molar refractivity (Wildman–Crippen MR) is 98.1 cm³/mol. The lowest BCUT2D eigenvalue weighted by Crippen LogP contribution is -2.36. The van der Waals surface area contributed by atoms with Gasteiger partial charge in [-0.05, 0) is 29.3 Å². The molecule has 0 radical (unpaired) electrons. The van der Waals surface area contributed by atoms with Gasteiger partial charge in [-0.25, -0.2) is 9.37 Å². The summed E-state index contributed by atoms with van der Waals surface area (Å²) in [5.41, 5.74) is 1.98. The number of rotatable bonds is 4. The van der Waals surface area contributed by atoms with Crippen molar-refractivity contribution in [3.05, 3.63) is 64.7 Å². The summed E-state index contributed by atoms with van der Waals surface area (Å²) in [6.07, 6.45) is 1.71. The Bertz CT molecular complexity index is 550. The number of nitrogens with one attached hydrogen (secondary N) is 2. The van der Waals surface area contributed by atoms with Crippen LogP contribution in [0.5, 0.6) is 0 Å². The summed E-state index contributed by atoms with van der Waals surface area (Å²) >= 11 is 5.74. The number of aromatic nitrogens is 1. The molecular formula is C15H17ClFIN4. The number of pyridine rings is 1. The highest BCUT2D eigenvalue weighted by Gasteiger charge is 2.00. The maximum Gasteiger partial charge on any atom is 0.191 e. The van der Waals surface area contributed by atoms with E-state index >= 15 is 0 Å². The summed E-state index contributed by atoms with van der Waals surface area (Å²) in [5.74, 6) is 0.422. The molecule has 2 aromatic rings. The van der Waals surface area contributed by atoms with E-state index in [1.165, 1.54) is 12.1 Å². The topological polar surface area (TPSA) is 49.3 Å². The first kappa shape index (κ1) is 18.6. The molecule has 0 saturated carbocycles. The quantitative estimate of drug-likeness (QED) is 0.336. The van der Waals surface area contributed by atoms with Gasteiger partial charge in [0.15, 0.2) is 5.96 Å². The Morgan fingerprint density at radius 3 is 2.23 bits per heavy atom. The minimum Gasteiger partial charge on any atom is -0.352 e. The minimum absolute atomic E-state index is 0. The molecule has 1 aromatic heterocycles. The molecule has 1 aromatic carbocycles. The number of hydrogen-bond donors (Lipinski definition) is 2. The smallest absolute Gasteiger partial charge is 0.191 e. The molecule has 0 atom stereocenters. The Hall–Kier alpha value is -1.41. The second kappa shape index (κ2) is 9.58. The lowest BCUT2D eigenvalue weighted by molar-refractivity contribution is 0.626. The Kier molecular flexibility index (Phi) is 8.11. The van der Waals surface area contributed by atoms with Gasteiger partial charge in [-0.2, -0.15) is 0 Å². The van der Waals surface area contributed by atoms with Gasteiger partial charge in [0.2, 0.25) is 0 Å². The second-order valence-corrected chi connectivity index (χ2v) is 4.78. The van der Waals surface area contributed by atoms with Gasteiger partial charge in [0.05, 0.1) is 0 Å². The van der Waals surface area contributed by atoms with Crippen LogP contribution in [0.3, 0.4) is 0 Å². The molecule has 0 aliphatic heterocycles. The average molecular weight is 435 g/mol. The van der Waals surface area contributed by atoms with E-state index in [4.69, 9.17) is 11.6 Å². The van der Waals surface area contributed by atoms with Gasteiger partial charge in [0, 0.05) is 26.3 Å². The van der Waals surface area contributed by atoms with Crippen molar-refractivity contribution in [1.29, 1.82) is 0 Å². The Morgan fingerprint density at radius 2 is 1.68 bits per heavy atom. The van der Waals surface area contributed by atoms with E-state index in [9.17, 15) is 4.39 Å². The van der Waals surface area contributed by atoms with Crippen LogP contribution in [-0.2, 0) is 13.1 Å². The standard InChI is InChI=1S/C15H16ClFN4.HI/c1-18-15(20-8-11-2-5-13(17)6-3-11)21-10-12-4-7-14(16)19-9-12;/h2-7,9H,8,10H2,1H3,(H2,18,20,21);1H. The molecule has 0 bridgehead atoms. The molecule has 0 amide bonds.